The fraction of sp³-hybridized carbons (Fsp3) is 0.583. The first-order chi connectivity index (χ1) is 7.27. The molecule has 1 rings (SSSR count). The van der Waals surface area contributed by atoms with Crippen molar-refractivity contribution in [1.82, 2.24) is 10.3 Å². The number of nitrogens with zero attached hydrogens (tertiary/aromatic N) is 1. The third kappa shape index (κ3) is 3.88. The Bertz CT molecular complexity index is 289. The molecule has 0 fully saturated rings. The van der Waals surface area contributed by atoms with Crippen LogP contribution < -0.4 is 10.1 Å². The summed E-state index contributed by atoms with van der Waals surface area (Å²) < 4.78 is 5.54. The largest absolute Gasteiger partial charge is 0.478 e. The minimum absolute atomic E-state index is 0.335. The van der Waals surface area contributed by atoms with Crippen LogP contribution in [0, 0.1) is 0 Å². The third-order valence-electron chi connectivity index (χ3n) is 2.44. The van der Waals surface area contributed by atoms with Crippen molar-refractivity contribution >= 4 is 0 Å². The van der Waals surface area contributed by atoms with E-state index in [0.29, 0.717) is 6.04 Å². The summed E-state index contributed by atoms with van der Waals surface area (Å²) in [6, 6.07) is 4.34. The van der Waals surface area contributed by atoms with Gasteiger partial charge in [0, 0.05) is 18.3 Å². The lowest BCUT2D eigenvalue weighted by molar-refractivity contribution is 0.297. The Morgan fingerprint density at radius 2 is 2.33 bits per heavy atom. The highest BCUT2D eigenvalue weighted by Crippen LogP contribution is 2.16. The van der Waals surface area contributed by atoms with E-state index in [9.17, 15) is 0 Å². The molecule has 0 aliphatic rings. The summed E-state index contributed by atoms with van der Waals surface area (Å²) in [6.45, 7) is 5.02. The van der Waals surface area contributed by atoms with Gasteiger partial charge in [-0.2, -0.15) is 0 Å². The quantitative estimate of drug-likeness (QED) is 0.729. The van der Waals surface area contributed by atoms with E-state index in [4.69, 9.17) is 4.74 Å². The van der Waals surface area contributed by atoms with Crippen LogP contribution in [0.3, 0.4) is 0 Å². The average Bonchev–Trinajstić information content (AvgIpc) is 2.29. The van der Waals surface area contributed by atoms with Crippen LogP contribution in [0.4, 0.5) is 0 Å². The molecule has 0 saturated carbocycles. The number of aromatic nitrogens is 1. The first-order valence-electron chi connectivity index (χ1n) is 5.54. The van der Waals surface area contributed by atoms with Crippen LogP contribution >= 0.6 is 0 Å². The molecule has 0 aliphatic carbocycles. The highest BCUT2D eigenvalue weighted by atomic mass is 16.5. The van der Waals surface area contributed by atoms with Crippen molar-refractivity contribution in [3.8, 4) is 5.88 Å². The van der Waals surface area contributed by atoms with Gasteiger partial charge in [-0.1, -0.05) is 13.3 Å². The predicted molar refractivity (Wildman–Crippen MR) is 62.1 cm³/mol. The zero-order chi connectivity index (χ0) is 11.1. The Morgan fingerprint density at radius 3 is 3.00 bits per heavy atom. The molecule has 0 amide bonds. The van der Waals surface area contributed by atoms with Crippen molar-refractivity contribution in [1.29, 1.82) is 0 Å². The zero-order valence-corrected chi connectivity index (χ0v) is 9.79. The first-order valence-corrected chi connectivity index (χ1v) is 5.54. The van der Waals surface area contributed by atoms with Crippen LogP contribution in [0.15, 0.2) is 18.3 Å². The number of rotatable bonds is 6. The van der Waals surface area contributed by atoms with Crippen molar-refractivity contribution in [3.05, 3.63) is 23.9 Å². The van der Waals surface area contributed by atoms with Crippen LogP contribution in [0.1, 0.15) is 38.3 Å². The molecule has 1 aromatic heterocycles. The number of unbranched alkanes of at least 4 members (excludes halogenated alkanes) is 1. The van der Waals surface area contributed by atoms with Gasteiger partial charge in [0.2, 0.25) is 5.88 Å². The molecule has 0 aromatic carbocycles. The molecule has 3 heteroatoms. The van der Waals surface area contributed by atoms with Gasteiger partial charge in [-0.3, -0.25) is 0 Å². The van der Waals surface area contributed by atoms with Gasteiger partial charge in [0.15, 0.2) is 0 Å². The normalized spacial score (nSPS) is 12.5. The Balaban J connectivity index is 2.57. The molecular formula is C12H20N2O. The lowest BCUT2D eigenvalue weighted by Crippen LogP contribution is -2.12. The lowest BCUT2D eigenvalue weighted by atomic mass is 10.1. The maximum atomic E-state index is 5.54. The van der Waals surface area contributed by atoms with E-state index in [0.717, 1.165) is 25.3 Å². The molecule has 1 unspecified atom stereocenters. The van der Waals surface area contributed by atoms with Gasteiger partial charge in [-0.25, -0.2) is 4.98 Å². The molecular weight excluding hydrogens is 188 g/mol. The molecule has 0 saturated heterocycles. The van der Waals surface area contributed by atoms with Gasteiger partial charge in [0.1, 0.15) is 0 Å². The van der Waals surface area contributed by atoms with Gasteiger partial charge >= 0.3 is 0 Å². The van der Waals surface area contributed by atoms with Crippen molar-refractivity contribution in [2.24, 2.45) is 0 Å². The summed E-state index contributed by atoms with van der Waals surface area (Å²) >= 11 is 0. The van der Waals surface area contributed by atoms with Crippen LogP contribution in [-0.2, 0) is 0 Å². The number of hydrogen-bond acceptors (Lipinski definition) is 3. The molecule has 0 spiro atoms. The summed E-state index contributed by atoms with van der Waals surface area (Å²) in [5.41, 5.74) is 1.21. The fourth-order valence-electron chi connectivity index (χ4n) is 1.26. The van der Waals surface area contributed by atoms with E-state index >= 15 is 0 Å². The van der Waals surface area contributed by atoms with Gasteiger partial charge in [-0.15, -0.1) is 0 Å². The van der Waals surface area contributed by atoms with E-state index in [1.807, 2.05) is 19.2 Å². The summed E-state index contributed by atoms with van der Waals surface area (Å²) in [5.74, 6) is 0.725. The highest BCUT2D eigenvalue weighted by molar-refractivity contribution is 5.23. The van der Waals surface area contributed by atoms with Crippen molar-refractivity contribution < 1.29 is 4.74 Å². The maximum Gasteiger partial charge on any atom is 0.213 e. The predicted octanol–water partition coefficient (Wildman–Crippen LogP) is 2.54. The van der Waals surface area contributed by atoms with Crippen molar-refractivity contribution in [3.63, 3.8) is 0 Å². The van der Waals surface area contributed by atoms with Crippen LogP contribution in [0.5, 0.6) is 5.88 Å². The van der Waals surface area contributed by atoms with E-state index in [1.54, 1.807) is 6.20 Å². The lowest BCUT2D eigenvalue weighted by Gasteiger charge is -2.11. The third-order valence-corrected chi connectivity index (χ3v) is 2.44. The van der Waals surface area contributed by atoms with E-state index in [-0.39, 0.29) is 0 Å². The van der Waals surface area contributed by atoms with Crippen LogP contribution in [0.2, 0.25) is 0 Å². The number of ether oxygens (including phenoxy) is 1. The average molecular weight is 208 g/mol. The molecule has 0 aliphatic heterocycles. The monoisotopic (exact) mass is 208 g/mol. The second-order valence-corrected chi connectivity index (χ2v) is 3.64. The van der Waals surface area contributed by atoms with Gasteiger partial charge in [-0.05, 0) is 32.0 Å². The topological polar surface area (TPSA) is 34.1 Å². The molecule has 1 aromatic rings. The Kier molecular flexibility index (Phi) is 5.12. The van der Waals surface area contributed by atoms with Gasteiger partial charge < -0.3 is 10.1 Å². The second kappa shape index (κ2) is 6.40. The summed E-state index contributed by atoms with van der Waals surface area (Å²) in [7, 11) is 1.95. The molecule has 1 heterocycles. The van der Waals surface area contributed by atoms with E-state index in [1.165, 1.54) is 5.56 Å². The van der Waals surface area contributed by atoms with Gasteiger partial charge in [0.25, 0.3) is 0 Å². The van der Waals surface area contributed by atoms with Crippen molar-refractivity contribution in [2.75, 3.05) is 13.7 Å². The van der Waals surface area contributed by atoms with E-state index < -0.39 is 0 Å². The minimum atomic E-state index is 0.335. The molecule has 84 valence electrons. The SMILES string of the molecule is CCCCOc1cc(C(C)NC)ccn1. The first kappa shape index (κ1) is 12.0. The summed E-state index contributed by atoms with van der Waals surface area (Å²) in [5, 5.41) is 3.19. The molecule has 15 heavy (non-hydrogen) atoms. The molecule has 1 N–H and O–H groups in total. The molecule has 0 radical (unpaired) electrons. The minimum Gasteiger partial charge on any atom is -0.478 e. The molecule has 0 bridgehead atoms. The molecule has 3 nitrogen and oxygen atoms in total. The van der Waals surface area contributed by atoms with Crippen LogP contribution in [0.25, 0.3) is 0 Å². The maximum absolute atomic E-state index is 5.54. The smallest absolute Gasteiger partial charge is 0.213 e. The Hall–Kier alpha value is -1.09. The highest BCUT2D eigenvalue weighted by Gasteiger charge is 2.04. The second-order valence-electron chi connectivity index (χ2n) is 3.64. The number of hydrogen-bond donors (Lipinski definition) is 1. The summed E-state index contributed by atoms with van der Waals surface area (Å²) in [4.78, 5) is 4.18. The molecule has 1 atom stereocenters. The standard InChI is InChI=1S/C12H20N2O/c1-4-5-8-15-12-9-11(6-7-14-12)10(2)13-3/h6-7,9-10,13H,4-5,8H2,1-3H3. The van der Waals surface area contributed by atoms with E-state index in [2.05, 4.69) is 24.1 Å². The van der Waals surface area contributed by atoms with Crippen molar-refractivity contribution in [2.45, 2.75) is 32.7 Å². The Morgan fingerprint density at radius 1 is 1.53 bits per heavy atom. The number of pyridine rings is 1. The summed E-state index contributed by atoms with van der Waals surface area (Å²) in [6.07, 6.45) is 4.02. The van der Waals surface area contributed by atoms with Gasteiger partial charge in [0.05, 0.1) is 6.61 Å². The fourth-order valence-corrected chi connectivity index (χ4v) is 1.26. The number of nitrogens with one attached hydrogen (secondary N) is 1. The Labute approximate surface area is 91.9 Å². The van der Waals surface area contributed by atoms with Crippen LogP contribution in [-0.4, -0.2) is 18.6 Å². The zero-order valence-electron chi connectivity index (χ0n) is 9.79.